The van der Waals surface area contributed by atoms with Gasteiger partial charge in [0.1, 0.15) is 18.2 Å². The van der Waals surface area contributed by atoms with E-state index in [1.165, 1.54) is 6.07 Å². The summed E-state index contributed by atoms with van der Waals surface area (Å²) in [6.07, 6.45) is 0. The summed E-state index contributed by atoms with van der Waals surface area (Å²) in [5.74, 6) is 0.236. The van der Waals surface area contributed by atoms with E-state index in [0.29, 0.717) is 16.3 Å². The van der Waals surface area contributed by atoms with Crippen molar-refractivity contribution in [3.8, 4) is 5.75 Å². The SMILES string of the molecule is CC(N)c1ccc(OCc2ccccc2F)c(Cl)c1. The second-order valence-electron chi connectivity index (χ2n) is 4.36. The number of benzene rings is 2. The molecule has 2 aromatic rings. The first kappa shape index (κ1) is 13.8. The van der Waals surface area contributed by atoms with Crippen molar-refractivity contribution < 1.29 is 9.13 Å². The first-order chi connectivity index (χ1) is 9.08. The second kappa shape index (κ2) is 6.04. The molecule has 2 nitrogen and oxygen atoms in total. The zero-order valence-corrected chi connectivity index (χ0v) is 11.3. The number of hydrogen-bond donors (Lipinski definition) is 1. The summed E-state index contributed by atoms with van der Waals surface area (Å²) in [6, 6.07) is 11.8. The Kier molecular flexibility index (Phi) is 4.40. The lowest BCUT2D eigenvalue weighted by atomic mass is 10.1. The van der Waals surface area contributed by atoms with Crippen LogP contribution < -0.4 is 10.5 Å². The third-order valence-electron chi connectivity index (χ3n) is 2.82. The normalized spacial score (nSPS) is 12.2. The van der Waals surface area contributed by atoms with Gasteiger partial charge >= 0.3 is 0 Å². The second-order valence-corrected chi connectivity index (χ2v) is 4.77. The van der Waals surface area contributed by atoms with E-state index in [9.17, 15) is 4.39 Å². The molecular formula is C15H15ClFNO. The molecule has 1 unspecified atom stereocenters. The largest absolute Gasteiger partial charge is 0.487 e. The fraction of sp³-hybridized carbons (Fsp3) is 0.200. The first-order valence-electron chi connectivity index (χ1n) is 5.99. The summed E-state index contributed by atoms with van der Waals surface area (Å²) in [6.45, 7) is 2.02. The van der Waals surface area contributed by atoms with Crippen LogP contribution in [0.2, 0.25) is 5.02 Å². The standard InChI is InChI=1S/C15H15ClFNO/c1-10(18)11-6-7-15(13(16)8-11)19-9-12-4-2-3-5-14(12)17/h2-8,10H,9,18H2,1H3. The number of halogens is 2. The maximum absolute atomic E-state index is 13.4. The van der Waals surface area contributed by atoms with Gasteiger partial charge < -0.3 is 10.5 Å². The Bertz CT molecular complexity index is 572. The molecule has 0 amide bonds. The molecule has 0 heterocycles. The van der Waals surface area contributed by atoms with Crippen molar-refractivity contribution in [3.63, 3.8) is 0 Å². The molecule has 19 heavy (non-hydrogen) atoms. The molecule has 0 aliphatic carbocycles. The Hall–Kier alpha value is -1.58. The molecule has 2 aromatic carbocycles. The third kappa shape index (κ3) is 3.46. The van der Waals surface area contributed by atoms with Gasteiger partial charge in [-0.1, -0.05) is 35.9 Å². The summed E-state index contributed by atoms with van der Waals surface area (Å²) in [5, 5.41) is 0.478. The molecule has 2 rings (SSSR count). The highest BCUT2D eigenvalue weighted by molar-refractivity contribution is 6.32. The van der Waals surface area contributed by atoms with Gasteiger partial charge in [0.15, 0.2) is 0 Å². The lowest BCUT2D eigenvalue weighted by Gasteiger charge is -2.11. The number of rotatable bonds is 4. The van der Waals surface area contributed by atoms with E-state index in [-0.39, 0.29) is 18.5 Å². The van der Waals surface area contributed by atoms with Crippen LogP contribution in [0.1, 0.15) is 24.1 Å². The van der Waals surface area contributed by atoms with Crippen LogP contribution in [0.15, 0.2) is 42.5 Å². The van der Waals surface area contributed by atoms with E-state index in [1.54, 1.807) is 30.3 Å². The maximum atomic E-state index is 13.4. The Balaban J connectivity index is 2.10. The molecule has 0 saturated heterocycles. The quantitative estimate of drug-likeness (QED) is 0.915. The summed E-state index contributed by atoms with van der Waals surface area (Å²) < 4.78 is 19.0. The Labute approximate surface area is 117 Å². The summed E-state index contributed by atoms with van der Waals surface area (Å²) in [7, 11) is 0. The molecule has 0 saturated carbocycles. The van der Waals surface area contributed by atoms with Gasteiger partial charge in [0.2, 0.25) is 0 Å². The minimum absolute atomic E-state index is 0.0851. The molecule has 0 aliphatic rings. The zero-order valence-electron chi connectivity index (χ0n) is 10.6. The van der Waals surface area contributed by atoms with Crippen molar-refractivity contribution in [1.82, 2.24) is 0 Å². The van der Waals surface area contributed by atoms with Gasteiger partial charge in [0.05, 0.1) is 5.02 Å². The van der Waals surface area contributed by atoms with Gasteiger partial charge in [-0.25, -0.2) is 4.39 Å². The smallest absolute Gasteiger partial charge is 0.138 e. The van der Waals surface area contributed by atoms with Crippen molar-refractivity contribution >= 4 is 11.6 Å². The van der Waals surface area contributed by atoms with Crippen molar-refractivity contribution in [2.24, 2.45) is 5.73 Å². The van der Waals surface area contributed by atoms with Gasteiger partial charge in [0.25, 0.3) is 0 Å². The lowest BCUT2D eigenvalue weighted by Crippen LogP contribution is -2.05. The van der Waals surface area contributed by atoms with E-state index in [2.05, 4.69) is 0 Å². The van der Waals surface area contributed by atoms with Gasteiger partial charge in [0, 0.05) is 11.6 Å². The molecule has 0 bridgehead atoms. The van der Waals surface area contributed by atoms with Crippen LogP contribution >= 0.6 is 11.6 Å². The minimum atomic E-state index is -0.286. The Morgan fingerprint density at radius 1 is 1.26 bits per heavy atom. The predicted octanol–water partition coefficient (Wildman–Crippen LogP) is 4.08. The maximum Gasteiger partial charge on any atom is 0.138 e. The molecule has 0 radical (unpaired) electrons. The zero-order chi connectivity index (χ0) is 13.8. The predicted molar refractivity (Wildman–Crippen MR) is 74.8 cm³/mol. The number of hydrogen-bond acceptors (Lipinski definition) is 2. The fourth-order valence-corrected chi connectivity index (χ4v) is 1.93. The van der Waals surface area contributed by atoms with Gasteiger partial charge in [-0.15, -0.1) is 0 Å². The fourth-order valence-electron chi connectivity index (χ4n) is 1.69. The molecule has 0 aromatic heterocycles. The summed E-state index contributed by atoms with van der Waals surface area (Å²) in [5.41, 5.74) is 7.20. The molecule has 2 N–H and O–H groups in total. The highest BCUT2D eigenvalue weighted by Crippen LogP contribution is 2.28. The van der Waals surface area contributed by atoms with Crippen molar-refractivity contribution in [1.29, 1.82) is 0 Å². The number of ether oxygens (including phenoxy) is 1. The van der Waals surface area contributed by atoms with Gasteiger partial charge in [-0.2, -0.15) is 0 Å². The van der Waals surface area contributed by atoms with Crippen molar-refractivity contribution in [2.75, 3.05) is 0 Å². The van der Waals surface area contributed by atoms with Gasteiger partial charge in [-0.05, 0) is 30.7 Å². The minimum Gasteiger partial charge on any atom is -0.487 e. The van der Waals surface area contributed by atoms with Crippen molar-refractivity contribution in [2.45, 2.75) is 19.6 Å². The number of nitrogens with two attached hydrogens (primary N) is 1. The molecule has 0 fully saturated rings. The summed E-state index contributed by atoms with van der Waals surface area (Å²) >= 11 is 6.11. The van der Waals surface area contributed by atoms with Crippen LogP contribution in [0.4, 0.5) is 4.39 Å². The average Bonchev–Trinajstić information content (AvgIpc) is 2.39. The first-order valence-corrected chi connectivity index (χ1v) is 6.37. The highest BCUT2D eigenvalue weighted by atomic mass is 35.5. The molecule has 4 heteroatoms. The van der Waals surface area contributed by atoms with E-state index < -0.39 is 0 Å². The monoisotopic (exact) mass is 279 g/mol. The topological polar surface area (TPSA) is 35.2 Å². The van der Waals surface area contributed by atoms with Crippen LogP contribution in [0.25, 0.3) is 0 Å². The van der Waals surface area contributed by atoms with Crippen LogP contribution in [-0.2, 0) is 6.61 Å². The molecular weight excluding hydrogens is 265 g/mol. The van der Waals surface area contributed by atoms with Gasteiger partial charge in [-0.3, -0.25) is 0 Å². The van der Waals surface area contributed by atoms with Crippen LogP contribution in [0.3, 0.4) is 0 Å². The van der Waals surface area contributed by atoms with E-state index in [4.69, 9.17) is 22.1 Å². The Morgan fingerprint density at radius 3 is 2.63 bits per heavy atom. The van der Waals surface area contributed by atoms with E-state index >= 15 is 0 Å². The lowest BCUT2D eigenvalue weighted by molar-refractivity contribution is 0.300. The van der Waals surface area contributed by atoms with Crippen LogP contribution in [-0.4, -0.2) is 0 Å². The molecule has 0 spiro atoms. The van der Waals surface area contributed by atoms with Crippen molar-refractivity contribution in [3.05, 3.63) is 64.4 Å². The highest BCUT2D eigenvalue weighted by Gasteiger charge is 2.07. The third-order valence-corrected chi connectivity index (χ3v) is 3.12. The molecule has 1 atom stereocenters. The Morgan fingerprint density at radius 2 is 2.00 bits per heavy atom. The van der Waals surface area contributed by atoms with E-state index in [0.717, 1.165) is 5.56 Å². The average molecular weight is 280 g/mol. The van der Waals surface area contributed by atoms with Crippen LogP contribution in [0.5, 0.6) is 5.75 Å². The molecule has 0 aliphatic heterocycles. The van der Waals surface area contributed by atoms with E-state index in [1.807, 2.05) is 13.0 Å². The van der Waals surface area contributed by atoms with Crippen LogP contribution in [0, 0.1) is 5.82 Å². The summed E-state index contributed by atoms with van der Waals surface area (Å²) in [4.78, 5) is 0. The molecule has 100 valence electrons.